The third-order valence-electron chi connectivity index (χ3n) is 6.30. The zero-order chi connectivity index (χ0) is 25.2. The van der Waals surface area contributed by atoms with E-state index >= 15 is 0 Å². The minimum Gasteiger partial charge on any atom is -0.496 e. The molecule has 2 N–H and O–H groups in total. The monoisotopic (exact) mass is 490 g/mol. The summed E-state index contributed by atoms with van der Waals surface area (Å²) < 4.78 is 26.3. The highest BCUT2D eigenvalue weighted by Gasteiger charge is 2.30. The Balaban J connectivity index is 1.68. The average molecular weight is 491 g/mol. The number of hydrogen-bond donors (Lipinski definition) is 1. The van der Waals surface area contributed by atoms with E-state index in [0.29, 0.717) is 53.8 Å². The number of nitrogens with two attached hydrogens (primary N) is 1. The van der Waals surface area contributed by atoms with E-state index in [1.807, 2.05) is 29.2 Å². The number of fused-ring (bicyclic) bond motifs is 1. The first kappa shape index (κ1) is 23.5. The summed E-state index contributed by atoms with van der Waals surface area (Å²) in [4.78, 5) is 24.0. The molecule has 0 bridgehead atoms. The first-order chi connectivity index (χ1) is 17.5. The molecule has 10 heteroatoms. The van der Waals surface area contributed by atoms with Crippen LogP contribution in [0, 0.1) is 11.7 Å². The number of rotatable bonds is 6. The van der Waals surface area contributed by atoms with Crippen LogP contribution < -0.4 is 15.4 Å². The minimum atomic E-state index is -0.401. The fourth-order valence-electron chi connectivity index (χ4n) is 4.59. The quantitative estimate of drug-likeness (QED) is 0.404. The Bertz CT molecular complexity index is 1420. The molecule has 0 saturated carbocycles. The summed E-state index contributed by atoms with van der Waals surface area (Å²) in [6.45, 7) is 3.27. The van der Waals surface area contributed by atoms with Gasteiger partial charge in [-0.1, -0.05) is 18.2 Å². The predicted octanol–water partition coefficient (Wildman–Crippen LogP) is 3.99. The maximum atomic E-state index is 14.0. The third kappa shape index (κ3) is 4.30. The van der Waals surface area contributed by atoms with Crippen LogP contribution in [0.2, 0.25) is 0 Å². The van der Waals surface area contributed by atoms with Crippen molar-refractivity contribution in [2.45, 2.75) is 19.8 Å². The molecule has 9 nitrogen and oxygen atoms in total. The molecular weight excluding hydrogens is 463 g/mol. The number of nitrogen functional groups attached to an aromatic ring is 1. The second-order valence-corrected chi connectivity index (χ2v) is 8.59. The van der Waals surface area contributed by atoms with E-state index in [9.17, 15) is 9.18 Å². The molecule has 5 rings (SSSR count). The van der Waals surface area contributed by atoms with Gasteiger partial charge in [-0.15, -0.1) is 5.10 Å². The third-order valence-corrected chi connectivity index (χ3v) is 6.30. The van der Waals surface area contributed by atoms with Crippen molar-refractivity contribution in [2.24, 2.45) is 5.92 Å². The Labute approximate surface area is 207 Å². The number of nitrogens with zero attached hydrogens (tertiary/aromatic N) is 5. The largest absolute Gasteiger partial charge is 0.496 e. The summed E-state index contributed by atoms with van der Waals surface area (Å²) in [5, 5.41) is 5.15. The number of methoxy groups -OCH3 is 1. The second kappa shape index (κ2) is 9.80. The summed E-state index contributed by atoms with van der Waals surface area (Å²) in [6.07, 6.45) is 1.55. The number of hydrogen-bond acceptors (Lipinski definition) is 8. The van der Waals surface area contributed by atoms with E-state index in [2.05, 4.69) is 5.10 Å². The molecule has 0 radical (unpaired) electrons. The van der Waals surface area contributed by atoms with Gasteiger partial charge in [-0.3, -0.25) is 4.79 Å². The van der Waals surface area contributed by atoms with Crippen LogP contribution in [0.5, 0.6) is 5.75 Å². The van der Waals surface area contributed by atoms with Gasteiger partial charge in [0.2, 0.25) is 5.95 Å². The van der Waals surface area contributed by atoms with Crippen molar-refractivity contribution < 1.29 is 18.7 Å². The van der Waals surface area contributed by atoms with Crippen LogP contribution in [0.3, 0.4) is 0 Å². The Kier molecular flexibility index (Phi) is 6.41. The van der Waals surface area contributed by atoms with E-state index in [-0.39, 0.29) is 17.7 Å². The zero-order valence-electron chi connectivity index (χ0n) is 20.1. The number of carbonyl (C=O) groups excluding carboxylic acids is 1. The highest BCUT2D eigenvalue weighted by atomic mass is 19.1. The van der Waals surface area contributed by atoms with Gasteiger partial charge in [0.15, 0.2) is 5.65 Å². The molecule has 1 aliphatic rings. The molecule has 1 atom stereocenters. The summed E-state index contributed by atoms with van der Waals surface area (Å²) in [7, 11) is 1.59. The van der Waals surface area contributed by atoms with Crippen LogP contribution in [0.25, 0.3) is 28.0 Å². The Morgan fingerprint density at radius 2 is 2.03 bits per heavy atom. The lowest BCUT2D eigenvalue weighted by atomic mass is 9.98. The van der Waals surface area contributed by atoms with Gasteiger partial charge in [-0.2, -0.15) is 4.98 Å². The van der Waals surface area contributed by atoms with Crippen molar-refractivity contribution in [1.29, 1.82) is 0 Å². The molecule has 0 amide bonds. The lowest BCUT2D eigenvalue weighted by Gasteiger charge is -2.31. The van der Waals surface area contributed by atoms with E-state index < -0.39 is 5.82 Å². The maximum absolute atomic E-state index is 14.0. The van der Waals surface area contributed by atoms with Gasteiger partial charge in [0, 0.05) is 18.7 Å². The van der Waals surface area contributed by atoms with E-state index in [0.717, 1.165) is 18.4 Å². The molecule has 4 aromatic rings. The van der Waals surface area contributed by atoms with Crippen LogP contribution >= 0.6 is 0 Å². The number of aromatic nitrogens is 4. The smallest absolute Gasteiger partial charge is 0.310 e. The lowest BCUT2D eigenvalue weighted by Crippen LogP contribution is -2.40. The van der Waals surface area contributed by atoms with Crippen LogP contribution in [0.1, 0.15) is 19.8 Å². The van der Waals surface area contributed by atoms with Crippen molar-refractivity contribution in [2.75, 3.05) is 37.4 Å². The number of benzene rings is 2. The molecule has 1 aliphatic heterocycles. The standard InChI is InChI=1S/C26H27FN6O3/c1-3-36-25(34)16-8-7-13-32(15-16)26-29-22(19-11-4-5-12-20(19)35-2)21-23(28)33(31-24(21)30-26)18-10-6-9-17(27)14-18/h4-6,9-12,14,16H,3,7-8,13,15,28H2,1-2H3/t16-/m0/s1. The molecule has 0 aliphatic carbocycles. The molecule has 36 heavy (non-hydrogen) atoms. The summed E-state index contributed by atoms with van der Waals surface area (Å²) in [6, 6.07) is 13.5. The number of piperidine rings is 1. The fourth-order valence-corrected chi connectivity index (χ4v) is 4.59. The topological polar surface area (TPSA) is 108 Å². The van der Waals surface area contributed by atoms with Crippen molar-refractivity contribution in [1.82, 2.24) is 19.7 Å². The molecule has 1 saturated heterocycles. The minimum absolute atomic E-state index is 0.215. The van der Waals surface area contributed by atoms with Crippen LogP contribution in [0.4, 0.5) is 16.2 Å². The Hall–Kier alpha value is -4.21. The summed E-state index contributed by atoms with van der Waals surface area (Å²) in [5.74, 6) is 0.453. The average Bonchev–Trinajstić information content (AvgIpc) is 3.24. The molecule has 186 valence electrons. The van der Waals surface area contributed by atoms with Crippen LogP contribution in [0.15, 0.2) is 48.5 Å². The molecule has 2 aromatic carbocycles. The number of carbonyl (C=O) groups is 1. The van der Waals surface area contributed by atoms with Gasteiger partial charge in [-0.25, -0.2) is 14.1 Å². The number of ether oxygens (including phenoxy) is 2. The van der Waals surface area contributed by atoms with Gasteiger partial charge in [0.1, 0.15) is 17.4 Å². The van der Waals surface area contributed by atoms with E-state index in [1.54, 1.807) is 26.2 Å². The van der Waals surface area contributed by atoms with Gasteiger partial charge >= 0.3 is 5.97 Å². The molecule has 0 unspecified atom stereocenters. The van der Waals surface area contributed by atoms with E-state index in [1.165, 1.54) is 16.8 Å². The highest BCUT2D eigenvalue weighted by molar-refractivity contribution is 6.00. The van der Waals surface area contributed by atoms with Gasteiger partial charge < -0.3 is 20.1 Å². The Morgan fingerprint density at radius 1 is 1.19 bits per heavy atom. The van der Waals surface area contributed by atoms with E-state index in [4.69, 9.17) is 25.2 Å². The van der Waals surface area contributed by atoms with Crippen LogP contribution in [-0.2, 0) is 9.53 Å². The normalized spacial score (nSPS) is 15.8. The predicted molar refractivity (Wildman–Crippen MR) is 135 cm³/mol. The molecule has 0 spiro atoms. The fraction of sp³-hybridized carbons (Fsp3) is 0.308. The second-order valence-electron chi connectivity index (χ2n) is 8.59. The Morgan fingerprint density at radius 3 is 2.81 bits per heavy atom. The SMILES string of the molecule is CCOC(=O)[C@H]1CCCN(c2nc(-c3ccccc3OC)c3c(N)n(-c4cccc(F)c4)nc3n2)C1. The number of anilines is 2. The number of esters is 1. The van der Waals surface area contributed by atoms with Crippen molar-refractivity contribution >= 4 is 28.8 Å². The van der Waals surface area contributed by atoms with Gasteiger partial charge in [-0.05, 0) is 50.1 Å². The van der Waals surface area contributed by atoms with Crippen molar-refractivity contribution in [3.8, 4) is 22.7 Å². The molecular formula is C26H27FN6O3. The van der Waals surface area contributed by atoms with Crippen molar-refractivity contribution in [3.63, 3.8) is 0 Å². The molecule has 1 fully saturated rings. The van der Waals surface area contributed by atoms with Crippen LogP contribution in [-0.4, -0.2) is 52.5 Å². The first-order valence-corrected chi connectivity index (χ1v) is 11.9. The molecule has 2 aromatic heterocycles. The summed E-state index contributed by atoms with van der Waals surface area (Å²) in [5.41, 5.74) is 8.66. The highest BCUT2D eigenvalue weighted by Crippen LogP contribution is 2.38. The number of halogens is 1. The van der Waals surface area contributed by atoms with Gasteiger partial charge in [0.05, 0.1) is 36.4 Å². The summed E-state index contributed by atoms with van der Waals surface area (Å²) >= 11 is 0. The maximum Gasteiger partial charge on any atom is 0.310 e. The van der Waals surface area contributed by atoms with Gasteiger partial charge in [0.25, 0.3) is 0 Å². The zero-order valence-corrected chi connectivity index (χ0v) is 20.1. The lowest BCUT2D eigenvalue weighted by molar-refractivity contribution is -0.148. The van der Waals surface area contributed by atoms with Crippen molar-refractivity contribution in [3.05, 3.63) is 54.3 Å². The first-order valence-electron chi connectivity index (χ1n) is 11.9. The number of para-hydroxylation sites is 1. The molecule has 3 heterocycles.